The minimum atomic E-state index is -3.91. The van der Waals surface area contributed by atoms with Crippen LogP contribution in [-0.2, 0) is 64.2 Å². The molecule has 19 heteroatoms. The lowest BCUT2D eigenvalue weighted by Gasteiger charge is -2.27. The van der Waals surface area contributed by atoms with Crippen molar-refractivity contribution in [3.05, 3.63) is 46.3 Å². The largest absolute Gasteiger partial charge is 0.466 e. The summed E-state index contributed by atoms with van der Waals surface area (Å²) in [5, 5.41) is 9.72. The second kappa shape index (κ2) is 23.8. The average molecular weight is 789 g/mol. The molecule has 0 aliphatic rings. The predicted molar refractivity (Wildman–Crippen MR) is 191 cm³/mol. The van der Waals surface area contributed by atoms with E-state index in [2.05, 4.69) is 21.3 Å². The number of rotatable bonds is 22. The van der Waals surface area contributed by atoms with Crippen molar-refractivity contribution in [1.29, 1.82) is 0 Å². The van der Waals surface area contributed by atoms with E-state index < -0.39 is 98.9 Å². The van der Waals surface area contributed by atoms with Crippen molar-refractivity contribution in [2.45, 2.75) is 91.1 Å². The van der Waals surface area contributed by atoms with Crippen LogP contribution in [-0.4, -0.2) is 100 Å². The SMILES string of the molecule is CCOC(=O)CC[C@H](NC(=O)[C@H](CC(=O)OCC)NC(=O)OCc1ccccc1)C(=O)N[C@H](C(=O)N[C@H](/C=C(\Cl)S(C)(=O)=O)CC(=O)OCC)C(C)C. The molecule has 296 valence electrons. The number of halogens is 1. The molecule has 1 rings (SSSR count). The second-order valence-electron chi connectivity index (χ2n) is 11.8. The molecule has 0 heterocycles. The Kier molecular flexibility index (Phi) is 20.8. The van der Waals surface area contributed by atoms with Crippen LogP contribution in [0.3, 0.4) is 0 Å². The number of carbonyl (C=O) groups excluding carboxylic acids is 7. The maximum Gasteiger partial charge on any atom is 0.408 e. The van der Waals surface area contributed by atoms with Crippen LogP contribution in [0, 0.1) is 5.92 Å². The molecule has 1 aromatic rings. The number of esters is 3. The summed E-state index contributed by atoms with van der Waals surface area (Å²) >= 11 is 5.91. The Labute approximate surface area is 314 Å². The van der Waals surface area contributed by atoms with Gasteiger partial charge < -0.3 is 40.2 Å². The van der Waals surface area contributed by atoms with Gasteiger partial charge in [0.25, 0.3) is 0 Å². The standard InChI is InChI=1S/C34H49ClN4O13S/c1-7-49-27(40)16-15-24(37-32(44)25(19-29(42)51-9-3)38-34(46)52-20-22-13-11-10-12-14-22)31(43)39-30(21(4)5)33(45)36-23(18-28(41)50-8-2)17-26(35)53(6,47)48/h10-14,17,21,23-25,30H,7-9,15-16,18-20H2,1-6H3,(H,36,45)(H,37,44)(H,38,46)(H,39,43)/b26-17+/t23-,24+,25+,30+/m1/s1. The highest BCUT2D eigenvalue weighted by molar-refractivity contribution is 7.96. The van der Waals surface area contributed by atoms with Crippen molar-refractivity contribution in [2.24, 2.45) is 5.92 Å². The third-order valence-corrected chi connectivity index (χ3v) is 8.84. The number of sulfone groups is 1. The topological polar surface area (TPSA) is 239 Å². The summed E-state index contributed by atoms with van der Waals surface area (Å²) < 4.78 is 43.2. The summed E-state index contributed by atoms with van der Waals surface area (Å²) in [6, 6.07) is 2.94. The van der Waals surface area contributed by atoms with Crippen LogP contribution < -0.4 is 21.3 Å². The van der Waals surface area contributed by atoms with Crippen LogP contribution in [0.5, 0.6) is 0 Å². The Morgan fingerprint density at radius 2 is 1.26 bits per heavy atom. The van der Waals surface area contributed by atoms with Gasteiger partial charge in [-0.15, -0.1) is 0 Å². The molecule has 0 bridgehead atoms. The number of benzene rings is 1. The zero-order valence-electron chi connectivity index (χ0n) is 30.6. The number of carbonyl (C=O) groups is 7. The van der Waals surface area contributed by atoms with E-state index in [1.165, 1.54) is 0 Å². The highest BCUT2D eigenvalue weighted by Crippen LogP contribution is 2.14. The van der Waals surface area contributed by atoms with Crippen molar-refractivity contribution >= 4 is 63.2 Å². The maximum absolute atomic E-state index is 13.7. The molecule has 0 aromatic heterocycles. The molecule has 4 amide bonds. The number of ether oxygens (including phenoxy) is 4. The summed E-state index contributed by atoms with van der Waals surface area (Å²) in [7, 11) is -3.91. The monoisotopic (exact) mass is 788 g/mol. The van der Waals surface area contributed by atoms with Crippen molar-refractivity contribution in [2.75, 3.05) is 26.1 Å². The van der Waals surface area contributed by atoms with Crippen molar-refractivity contribution in [1.82, 2.24) is 21.3 Å². The fourth-order valence-electron chi connectivity index (χ4n) is 4.43. The van der Waals surface area contributed by atoms with E-state index >= 15 is 0 Å². The number of hydrogen-bond acceptors (Lipinski definition) is 13. The summed E-state index contributed by atoms with van der Waals surface area (Å²) in [6.07, 6.45) is -1.09. The predicted octanol–water partition coefficient (Wildman–Crippen LogP) is 1.77. The molecule has 0 aliphatic carbocycles. The lowest BCUT2D eigenvalue weighted by Crippen LogP contribution is -2.58. The van der Waals surface area contributed by atoms with Gasteiger partial charge in [0.2, 0.25) is 17.7 Å². The van der Waals surface area contributed by atoms with E-state index in [9.17, 15) is 42.0 Å². The fourth-order valence-corrected chi connectivity index (χ4v) is 5.00. The number of hydrogen-bond donors (Lipinski definition) is 4. The molecule has 0 saturated carbocycles. The van der Waals surface area contributed by atoms with Gasteiger partial charge in [0.15, 0.2) is 9.84 Å². The number of nitrogens with one attached hydrogen (secondary N) is 4. The smallest absolute Gasteiger partial charge is 0.408 e. The second-order valence-corrected chi connectivity index (χ2v) is 14.4. The van der Waals surface area contributed by atoms with Crippen LogP contribution in [0.1, 0.15) is 65.9 Å². The molecule has 0 spiro atoms. The quantitative estimate of drug-likeness (QED) is 0.0969. The van der Waals surface area contributed by atoms with Crippen LogP contribution in [0.2, 0.25) is 0 Å². The van der Waals surface area contributed by atoms with Gasteiger partial charge >= 0.3 is 24.0 Å². The summed E-state index contributed by atoms with van der Waals surface area (Å²) in [5.74, 6) is -5.73. The van der Waals surface area contributed by atoms with Gasteiger partial charge in [0, 0.05) is 12.7 Å². The third kappa shape index (κ3) is 18.6. The van der Waals surface area contributed by atoms with Crippen molar-refractivity contribution in [3.8, 4) is 0 Å². The molecule has 17 nitrogen and oxygen atoms in total. The van der Waals surface area contributed by atoms with Crippen molar-refractivity contribution < 1.29 is 60.9 Å². The first kappa shape index (κ1) is 46.3. The first-order valence-electron chi connectivity index (χ1n) is 16.8. The van der Waals surface area contributed by atoms with Crippen molar-refractivity contribution in [3.63, 3.8) is 0 Å². The molecule has 0 unspecified atom stereocenters. The van der Waals surface area contributed by atoms with Gasteiger partial charge in [-0.2, -0.15) is 0 Å². The van der Waals surface area contributed by atoms with Crippen LogP contribution >= 0.6 is 11.6 Å². The van der Waals surface area contributed by atoms with E-state index in [0.29, 0.717) is 5.56 Å². The minimum absolute atomic E-state index is 0.0116. The zero-order valence-corrected chi connectivity index (χ0v) is 32.2. The zero-order chi connectivity index (χ0) is 40.1. The molecule has 4 atom stereocenters. The van der Waals surface area contributed by atoms with Crippen LogP contribution in [0.25, 0.3) is 0 Å². The first-order valence-corrected chi connectivity index (χ1v) is 19.1. The van der Waals surface area contributed by atoms with Gasteiger partial charge in [-0.25, -0.2) is 13.2 Å². The highest BCUT2D eigenvalue weighted by Gasteiger charge is 2.33. The fraction of sp³-hybridized carbons (Fsp3) is 0.559. The minimum Gasteiger partial charge on any atom is -0.466 e. The van der Waals surface area contributed by atoms with Gasteiger partial charge in [-0.1, -0.05) is 55.8 Å². The van der Waals surface area contributed by atoms with Crippen LogP contribution in [0.4, 0.5) is 4.79 Å². The maximum atomic E-state index is 13.7. The number of amides is 4. The molecule has 0 radical (unpaired) electrons. The summed E-state index contributed by atoms with van der Waals surface area (Å²) in [5.41, 5.74) is 0.648. The van der Waals surface area contributed by atoms with E-state index in [1.807, 2.05) is 0 Å². The molecular formula is C34H49ClN4O13S. The first-order chi connectivity index (χ1) is 24.9. The molecule has 1 aromatic carbocycles. The van der Waals surface area contributed by atoms with E-state index in [-0.39, 0.29) is 39.3 Å². The molecule has 0 aliphatic heterocycles. The molecule has 4 N–H and O–H groups in total. The lowest BCUT2D eigenvalue weighted by molar-refractivity contribution is -0.146. The van der Waals surface area contributed by atoms with E-state index in [4.69, 9.17) is 30.5 Å². The van der Waals surface area contributed by atoms with Gasteiger partial charge in [0.1, 0.15) is 29.1 Å². The van der Waals surface area contributed by atoms with E-state index in [0.717, 1.165) is 12.3 Å². The van der Waals surface area contributed by atoms with Gasteiger partial charge in [-0.3, -0.25) is 28.8 Å². The molecular weight excluding hydrogens is 740 g/mol. The molecule has 53 heavy (non-hydrogen) atoms. The molecule has 0 fully saturated rings. The summed E-state index contributed by atoms with van der Waals surface area (Å²) in [6.45, 7) is 7.71. The Morgan fingerprint density at radius 3 is 1.81 bits per heavy atom. The normalized spacial score (nSPS) is 13.7. The average Bonchev–Trinajstić information content (AvgIpc) is 3.07. The van der Waals surface area contributed by atoms with E-state index in [1.54, 1.807) is 65.0 Å². The highest BCUT2D eigenvalue weighted by atomic mass is 35.5. The van der Waals surface area contributed by atoms with Gasteiger partial charge in [0.05, 0.1) is 38.7 Å². The Bertz CT molecular complexity index is 1550. The Morgan fingerprint density at radius 1 is 0.717 bits per heavy atom. The third-order valence-electron chi connectivity index (χ3n) is 7.03. The Balaban J connectivity index is 3.33. The summed E-state index contributed by atoms with van der Waals surface area (Å²) in [4.78, 5) is 90.3. The number of alkyl carbamates (subject to hydrolysis) is 1. The van der Waals surface area contributed by atoms with Gasteiger partial charge in [-0.05, 0) is 44.7 Å². The molecule has 0 saturated heterocycles. The lowest BCUT2D eigenvalue weighted by atomic mass is 10.0. The van der Waals surface area contributed by atoms with Crippen LogP contribution in [0.15, 0.2) is 40.8 Å². The Hall–Kier alpha value is -4.71.